The van der Waals surface area contributed by atoms with Crippen molar-refractivity contribution < 1.29 is 4.42 Å². The predicted octanol–water partition coefficient (Wildman–Crippen LogP) is 17.5. The van der Waals surface area contributed by atoms with Crippen LogP contribution in [-0.4, -0.2) is 0 Å². The number of hydrogen-bond donors (Lipinski definition) is 0. The van der Waals surface area contributed by atoms with Crippen molar-refractivity contribution in [1.29, 1.82) is 0 Å². The fraction of sp³-hybridized carbons (Fsp3) is 0.0448. The lowest BCUT2D eigenvalue weighted by molar-refractivity contribution is 0.669. The first-order valence-corrected chi connectivity index (χ1v) is 23.7. The molecule has 320 valence electrons. The van der Waals surface area contributed by atoms with Crippen molar-refractivity contribution in [2.45, 2.75) is 17.8 Å². The Balaban J connectivity index is 0.981. The van der Waals surface area contributed by atoms with Gasteiger partial charge in [-0.25, -0.2) is 0 Å². The van der Waals surface area contributed by atoms with E-state index in [0.29, 0.717) is 0 Å². The Labute approximate surface area is 397 Å². The second kappa shape index (κ2) is 16.4. The van der Waals surface area contributed by atoms with E-state index in [-0.39, 0.29) is 5.92 Å². The normalized spacial score (nSPS) is 14.5. The molecule has 1 aliphatic rings. The summed E-state index contributed by atoms with van der Waals surface area (Å²) in [6.07, 6.45) is 0.825. The average Bonchev–Trinajstić information content (AvgIpc) is 3.94. The van der Waals surface area contributed by atoms with E-state index in [1.54, 1.807) is 0 Å². The quantitative estimate of drug-likeness (QED) is 0.141. The van der Waals surface area contributed by atoms with Gasteiger partial charge in [-0.1, -0.05) is 243 Å². The summed E-state index contributed by atoms with van der Waals surface area (Å²) in [5, 5.41) is 4.84. The maximum atomic E-state index is 6.32. The van der Waals surface area contributed by atoms with E-state index in [2.05, 4.69) is 249 Å². The molecule has 1 aromatic heterocycles. The molecule has 11 aromatic carbocycles. The highest BCUT2D eigenvalue weighted by atomic mass is 16.3. The van der Waals surface area contributed by atoms with Gasteiger partial charge in [-0.2, -0.15) is 0 Å². The highest BCUT2D eigenvalue weighted by Gasteiger charge is 2.47. The average molecular weight is 867 g/mol. The van der Waals surface area contributed by atoms with Crippen LogP contribution in [0, 0.1) is 0 Å². The maximum absolute atomic E-state index is 6.32. The third-order valence-corrected chi connectivity index (χ3v) is 14.6. The Kier molecular flexibility index (Phi) is 9.61. The lowest BCUT2D eigenvalue weighted by Gasteiger charge is -2.34. The molecule has 2 unspecified atom stereocenters. The van der Waals surface area contributed by atoms with Gasteiger partial charge in [0.15, 0.2) is 0 Å². The van der Waals surface area contributed by atoms with Crippen molar-refractivity contribution in [3.8, 4) is 44.5 Å². The minimum absolute atomic E-state index is 0.0889. The van der Waals surface area contributed by atoms with Crippen LogP contribution in [0.3, 0.4) is 0 Å². The van der Waals surface area contributed by atoms with Gasteiger partial charge in [0.2, 0.25) is 0 Å². The molecule has 0 saturated heterocycles. The van der Waals surface area contributed by atoms with Crippen LogP contribution in [-0.2, 0) is 11.8 Å². The zero-order chi connectivity index (χ0) is 45.0. The monoisotopic (exact) mass is 866 g/mol. The van der Waals surface area contributed by atoms with Gasteiger partial charge in [0.05, 0.1) is 5.41 Å². The molecule has 0 N–H and O–H groups in total. The highest BCUT2D eigenvalue weighted by molar-refractivity contribution is 6.06. The van der Waals surface area contributed by atoms with Crippen LogP contribution in [0.15, 0.2) is 265 Å². The summed E-state index contributed by atoms with van der Waals surface area (Å²) >= 11 is 0. The van der Waals surface area contributed by atoms with E-state index in [1.807, 2.05) is 12.1 Å². The smallest absolute Gasteiger partial charge is 0.136 e. The van der Waals surface area contributed by atoms with Crippen molar-refractivity contribution in [1.82, 2.24) is 0 Å². The van der Waals surface area contributed by atoms with Crippen molar-refractivity contribution >= 4 is 32.7 Å². The van der Waals surface area contributed by atoms with Crippen LogP contribution in [0.1, 0.15) is 44.9 Å². The van der Waals surface area contributed by atoms with Gasteiger partial charge >= 0.3 is 0 Å². The van der Waals surface area contributed by atoms with E-state index < -0.39 is 5.41 Å². The molecule has 13 rings (SSSR count). The minimum Gasteiger partial charge on any atom is -0.456 e. The van der Waals surface area contributed by atoms with Gasteiger partial charge in [-0.05, 0) is 119 Å². The molecule has 1 nitrogen and oxygen atoms in total. The molecule has 68 heavy (non-hydrogen) atoms. The van der Waals surface area contributed by atoms with Gasteiger partial charge in [0, 0.05) is 16.7 Å². The van der Waals surface area contributed by atoms with Crippen LogP contribution < -0.4 is 0 Å². The lowest BCUT2D eigenvalue weighted by Crippen LogP contribution is -2.28. The first-order chi connectivity index (χ1) is 33.7. The molecular formula is C67H46O. The van der Waals surface area contributed by atoms with Crippen LogP contribution in [0.5, 0.6) is 0 Å². The van der Waals surface area contributed by atoms with E-state index >= 15 is 0 Å². The van der Waals surface area contributed by atoms with Crippen molar-refractivity contribution in [2.75, 3.05) is 0 Å². The molecule has 0 fully saturated rings. The summed E-state index contributed by atoms with van der Waals surface area (Å²) in [6, 6.07) is 96.4. The largest absolute Gasteiger partial charge is 0.456 e. The van der Waals surface area contributed by atoms with E-state index in [4.69, 9.17) is 4.42 Å². The Morgan fingerprint density at radius 3 is 1.74 bits per heavy atom. The molecule has 0 spiro atoms. The second-order valence-electron chi connectivity index (χ2n) is 18.3. The molecular weight excluding hydrogens is 821 g/mol. The van der Waals surface area contributed by atoms with E-state index in [1.165, 1.54) is 88.7 Å². The first-order valence-electron chi connectivity index (χ1n) is 23.7. The topological polar surface area (TPSA) is 13.1 Å². The number of para-hydroxylation sites is 1. The van der Waals surface area contributed by atoms with Gasteiger partial charge in [0.25, 0.3) is 0 Å². The number of benzene rings is 11. The summed E-state index contributed by atoms with van der Waals surface area (Å²) in [7, 11) is 0. The summed E-state index contributed by atoms with van der Waals surface area (Å²) < 4.78 is 6.32. The SMILES string of the molecule is c1ccc(-c2ccc(C3(c4ccccc4)c4cc(CC(c5ccc(-c6ccc7c(c6)oc6ccccc67)cc5)c5cccc6ccccc56)ccc4-c4c(-c5ccccc5)cccc43)cc2)cc1. The Bertz CT molecular complexity index is 3790. The summed E-state index contributed by atoms with van der Waals surface area (Å²) in [5.74, 6) is 0.0889. The first kappa shape index (κ1) is 39.8. The van der Waals surface area contributed by atoms with Gasteiger partial charge < -0.3 is 4.42 Å². The summed E-state index contributed by atoms with van der Waals surface area (Å²) in [6.45, 7) is 0. The van der Waals surface area contributed by atoms with Crippen molar-refractivity contribution in [3.63, 3.8) is 0 Å². The fourth-order valence-electron chi connectivity index (χ4n) is 11.4. The summed E-state index contributed by atoms with van der Waals surface area (Å²) in [4.78, 5) is 0. The number of hydrogen-bond acceptors (Lipinski definition) is 1. The Morgan fingerprint density at radius 1 is 0.353 bits per heavy atom. The van der Waals surface area contributed by atoms with Gasteiger partial charge in [-0.3, -0.25) is 0 Å². The third-order valence-electron chi connectivity index (χ3n) is 14.6. The molecule has 1 heteroatoms. The van der Waals surface area contributed by atoms with Crippen LogP contribution in [0.2, 0.25) is 0 Å². The standard InChI is InChI=1S/C67H46O/c1-4-16-46(17-5-1)47-35-38-54(39-36-47)67(53-22-8-3-9-23-53)62-28-15-26-56(50-18-6-2-7-19-50)66(62)60-40-30-45(43-63(60)67)42-61(57-27-14-21-49-20-10-11-24-55(49)57)51-33-31-48(32-34-51)52-37-41-59-58-25-12-13-29-64(58)68-65(59)44-52/h1-41,43-44,61H,42H2. The molecule has 1 aliphatic carbocycles. The van der Waals surface area contributed by atoms with Crippen LogP contribution >= 0.6 is 0 Å². The number of furan rings is 1. The zero-order valence-corrected chi connectivity index (χ0v) is 37.5. The molecule has 0 amide bonds. The van der Waals surface area contributed by atoms with Gasteiger partial charge in [0.1, 0.15) is 11.2 Å². The van der Waals surface area contributed by atoms with Crippen LogP contribution in [0.25, 0.3) is 77.2 Å². The maximum Gasteiger partial charge on any atom is 0.136 e. The zero-order valence-electron chi connectivity index (χ0n) is 37.5. The summed E-state index contributed by atoms with van der Waals surface area (Å²) in [5.41, 5.74) is 20.1. The van der Waals surface area contributed by atoms with E-state index in [9.17, 15) is 0 Å². The highest BCUT2D eigenvalue weighted by Crippen LogP contribution is 2.59. The molecule has 2 atom stereocenters. The minimum atomic E-state index is -0.570. The lowest BCUT2D eigenvalue weighted by atomic mass is 9.67. The van der Waals surface area contributed by atoms with Crippen LogP contribution in [0.4, 0.5) is 0 Å². The molecule has 0 radical (unpaired) electrons. The third kappa shape index (κ3) is 6.54. The van der Waals surface area contributed by atoms with Gasteiger partial charge in [-0.15, -0.1) is 0 Å². The predicted molar refractivity (Wildman–Crippen MR) is 283 cm³/mol. The second-order valence-corrected chi connectivity index (χ2v) is 18.3. The molecule has 0 saturated carbocycles. The number of fused-ring (bicyclic) bond motifs is 7. The molecule has 0 aliphatic heterocycles. The van der Waals surface area contributed by atoms with Crippen molar-refractivity contribution in [3.05, 3.63) is 300 Å². The Morgan fingerprint density at radius 2 is 0.941 bits per heavy atom. The van der Waals surface area contributed by atoms with E-state index in [0.717, 1.165) is 33.9 Å². The number of rotatable bonds is 9. The Hall–Kier alpha value is -8.52. The molecule has 0 bridgehead atoms. The molecule has 1 heterocycles. The molecule has 12 aromatic rings. The fourth-order valence-corrected chi connectivity index (χ4v) is 11.4. The van der Waals surface area contributed by atoms with Crippen molar-refractivity contribution in [2.24, 2.45) is 0 Å².